The Bertz CT molecular complexity index is 273. The zero-order valence-electron chi connectivity index (χ0n) is 11.0. The molecule has 0 aromatic rings. The van der Waals surface area contributed by atoms with Crippen LogP contribution in [-0.2, 0) is 9.53 Å². The van der Waals surface area contributed by atoms with Gasteiger partial charge in [0, 0.05) is 19.0 Å². The van der Waals surface area contributed by atoms with Gasteiger partial charge in [-0.3, -0.25) is 4.79 Å². The normalized spacial score (nSPS) is 29.1. The standard InChI is InChI=1S/C13H24N2O2/c1-13(2)10-17-8-7-15(13)12(16)9-11-5-3-4-6-14-11/h11,14H,3-10H2,1-2H3. The number of ether oxygens (including phenoxy) is 1. The van der Waals surface area contributed by atoms with Gasteiger partial charge in [-0.2, -0.15) is 0 Å². The lowest BCUT2D eigenvalue weighted by atomic mass is 9.98. The Morgan fingerprint density at radius 2 is 2.29 bits per heavy atom. The summed E-state index contributed by atoms with van der Waals surface area (Å²) in [4.78, 5) is 14.3. The number of morpholine rings is 1. The molecule has 0 bridgehead atoms. The van der Waals surface area contributed by atoms with Crippen molar-refractivity contribution in [3.05, 3.63) is 0 Å². The van der Waals surface area contributed by atoms with E-state index in [1.54, 1.807) is 0 Å². The van der Waals surface area contributed by atoms with E-state index in [0.717, 1.165) is 19.5 Å². The van der Waals surface area contributed by atoms with Crippen LogP contribution in [-0.4, -0.2) is 48.7 Å². The van der Waals surface area contributed by atoms with E-state index in [2.05, 4.69) is 19.2 Å². The van der Waals surface area contributed by atoms with Crippen molar-refractivity contribution >= 4 is 5.91 Å². The summed E-state index contributed by atoms with van der Waals surface area (Å²) in [6, 6.07) is 0.384. The number of amides is 1. The molecule has 2 rings (SSSR count). The Balaban J connectivity index is 1.89. The highest BCUT2D eigenvalue weighted by atomic mass is 16.5. The Morgan fingerprint density at radius 3 is 2.94 bits per heavy atom. The Hall–Kier alpha value is -0.610. The molecule has 98 valence electrons. The molecular formula is C13H24N2O2. The van der Waals surface area contributed by atoms with Crippen LogP contribution >= 0.6 is 0 Å². The lowest BCUT2D eigenvalue weighted by molar-refractivity contribution is -0.146. The third-order valence-electron chi connectivity index (χ3n) is 3.78. The van der Waals surface area contributed by atoms with Crippen LogP contribution in [0.15, 0.2) is 0 Å². The van der Waals surface area contributed by atoms with Crippen molar-refractivity contribution in [1.29, 1.82) is 0 Å². The van der Waals surface area contributed by atoms with Crippen molar-refractivity contribution in [2.75, 3.05) is 26.3 Å². The first-order valence-corrected chi connectivity index (χ1v) is 6.71. The molecule has 17 heavy (non-hydrogen) atoms. The molecule has 0 radical (unpaired) electrons. The Morgan fingerprint density at radius 1 is 1.47 bits per heavy atom. The first kappa shape index (κ1) is 12.8. The maximum absolute atomic E-state index is 12.3. The van der Waals surface area contributed by atoms with Gasteiger partial charge in [0.15, 0.2) is 0 Å². The smallest absolute Gasteiger partial charge is 0.224 e. The van der Waals surface area contributed by atoms with Gasteiger partial charge in [0.2, 0.25) is 5.91 Å². The molecule has 1 amide bonds. The molecule has 0 aromatic carbocycles. The van der Waals surface area contributed by atoms with E-state index in [0.29, 0.717) is 25.7 Å². The number of carbonyl (C=O) groups is 1. The van der Waals surface area contributed by atoms with Crippen LogP contribution in [0.4, 0.5) is 0 Å². The molecule has 0 saturated carbocycles. The molecule has 0 aliphatic carbocycles. The van der Waals surface area contributed by atoms with E-state index in [1.165, 1.54) is 12.8 Å². The van der Waals surface area contributed by atoms with Crippen molar-refractivity contribution in [1.82, 2.24) is 10.2 Å². The quantitative estimate of drug-likeness (QED) is 0.787. The van der Waals surface area contributed by atoms with Crippen LogP contribution in [0.5, 0.6) is 0 Å². The van der Waals surface area contributed by atoms with Crippen LogP contribution in [0.1, 0.15) is 39.5 Å². The number of carbonyl (C=O) groups excluding carboxylic acids is 1. The lowest BCUT2D eigenvalue weighted by Gasteiger charge is -2.42. The second kappa shape index (κ2) is 5.36. The predicted molar refractivity (Wildman–Crippen MR) is 66.9 cm³/mol. The van der Waals surface area contributed by atoms with Gasteiger partial charge >= 0.3 is 0 Å². The summed E-state index contributed by atoms with van der Waals surface area (Å²) in [7, 11) is 0. The topological polar surface area (TPSA) is 41.6 Å². The molecule has 4 heteroatoms. The third-order valence-corrected chi connectivity index (χ3v) is 3.78. The fourth-order valence-corrected chi connectivity index (χ4v) is 2.74. The highest BCUT2D eigenvalue weighted by molar-refractivity contribution is 5.77. The monoisotopic (exact) mass is 240 g/mol. The summed E-state index contributed by atoms with van der Waals surface area (Å²) in [5.41, 5.74) is -0.149. The van der Waals surface area contributed by atoms with E-state index in [9.17, 15) is 4.79 Å². The van der Waals surface area contributed by atoms with E-state index in [1.807, 2.05) is 4.90 Å². The first-order chi connectivity index (χ1) is 8.09. The molecule has 4 nitrogen and oxygen atoms in total. The maximum Gasteiger partial charge on any atom is 0.224 e. The third kappa shape index (κ3) is 3.19. The molecule has 2 aliphatic heterocycles. The molecule has 0 spiro atoms. The maximum atomic E-state index is 12.3. The Kier molecular flexibility index (Phi) is 4.05. The van der Waals surface area contributed by atoms with Gasteiger partial charge in [0.25, 0.3) is 0 Å². The molecule has 1 N–H and O–H groups in total. The van der Waals surface area contributed by atoms with Gasteiger partial charge in [-0.15, -0.1) is 0 Å². The molecular weight excluding hydrogens is 216 g/mol. The summed E-state index contributed by atoms with van der Waals surface area (Å²) in [6.45, 7) is 7.28. The number of nitrogens with zero attached hydrogens (tertiary/aromatic N) is 1. The minimum Gasteiger partial charge on any atom is -0.377 e. The molecule has 1 atom stereocenters. The van der Waals surface area contributed by atoms with Gasteiger partial charge in [-0.05, 0) is 33.2 Å². The number of piperidine rings is 1. The molecule has 1 unspecified atom stereocenters. The van der Waals surface area contributed by atoms with Crippen LogP contribution in [0.2, 0.25) is 0 Å². The van der Waals surface area contributed by atoms with E-state index in [-0.39, 0.29) is 11.4 Å². The van der Waals surface area contributed by atoms with Crippen LogP contribution in [0.25, 0.3) is 0 Å². The zero-order valence-corrected chi connectivity index (χ0v) is 11.0. The zero-order chi connectivity index (χ0) is 12.3. The molecule has 2 saturated heterocycles. The second-order valence-corrected chi connectivity index (χ2v) is 5.76. The van der Waals surface area contributed by atoms with Crippen LogP contribution in [0, 0.1) is 0 Å². The largest absolute Gasteiger partial charge is 0.377 e. The summed E-state index contributed by atoms with van der Waals surface area (Å²) < 4.78 is 5.45. The highest BCUT2D eigenvalue weighted by Crippen LogP contribution is 2.21. The second-order valence-electron chi connectivity index (χ2n) is 5.76. The first-order valence-electron chi connectivity index (χ1n) is 6.71. The van der Waals surface area contributed by atoms with Crippen molar-refractivity contribution in [2.45, 2.75) is 51.1 Å². The van der Waals surface area contributed by atoms with Crippen LogP contribution in [0.3, 0.4) is 0 Å². The SMILES string of the molecule is CC1(C)COCCN1C(=O)CC1CCCCN1. The van der Waals surface area contributed by atoms with E-state index >= 15 is 0 Å². The number of hydrogen-bond acceptors (Lipinski definition) is 3. The fraction of sp³-hybridized carbons (Fsp3) is 0.923. The van der Waals surface area contributed by atoms with Gasteiger partial charge in [-0.25, -0.2) is 0 Å². The average Bonchev–Trinajstić information content (AvgIpc) is 2.29. The number of rotatable bonds is 2. The van der Waals surface area contributed by atoms with E-state index in [4.69, 9.17) is 4.74 Å². The van der Waals surface area contributed by atoms with Crippen molar-refractivity contribution < 1.29 is 9.53 Å². The van der Waals surface area contributed by atoms with Gasteiger partial charge in [0.1, 0.15) is 0 Å². The average molecular weight is 240 g/mol. The summed E-state index contributed by atoms with van der Waals surface area (Å²) >= 11 is 0. The number of hydrogen-bond donors (Lipinski definition) is 1. The summed E-state index contributed by atoms with van der Waals surface area (Å²) in [6.07, 6.45) is 4.27. The van der Waals surface area contributed by atoms with Gasteiger partial charge in [0.05, 0.1) is 18.8 Å². The number of nitrogens with one attached hydrogen (secondary N) is 1. The molecule has 2 aliphatic rings. The van der Waals surface area contributed by atoms with Crippen molar-refractivity contribution in [3.63, 3.8) is 0 Å². The van der Waals surface area contributed by atoms with Gasteiger partial charge < -0.3 is 15.0 Å². The predicted octanol–water partition coefficient (Wildman–Crippen LogP) is 1.16. The molecule has 2 fully saturated rings. The van der Waals surface area contributed by atoms with Crippen molar-refractivity contribution in [3.8, 4) is 0 Å². The lowest BCUT2D eigenvalue weighted by Crippen LogP contribution is -2.56. The summed E-state index contributed by atoms with van der Waals surface area (Å²) in [5, 5.41) is 3.44. The minimum atomic E-state index is -0.149. The minimum absolute atomic E-state index is 0.149. The highest BCUT2D eigenvalue weighted by Gasteiger charge is 2.34. The van der Waals surface area contributed by atoms with Gasteiger partial charge in [-0.1, -0.05) is 6.42 Å². The summed E-state index contributed by atoms with van der Waals surface area (Å²) in [5.74, 6) is 0.276. The molecule has 0 aromatic heterocycles. The van der Waals surface area contributed by atoms with Crippen molar-refractivity contribution in [2.24, 2.45) is 0 Å². The molecule has 2 heterocycles. The van der Waals surface area contributed by atoms with Crippen LogP contribution < -0.4 is 5.32 Å². The Labute approximate surface area is 104 Å². The van der Waals surface area contributed by atoms with E-state index < -0.39 is 0 Å². The fourth-order valence-electron chi connectivity index (χ4n) is 2.74.